The van der Waals surface area contributed by atoms with Gasteiger partial charge in [0, 0.05) is 19.5 Å². The molecule has 134 valence electrons. The van der Waals surface area contributed by atoms with Gasteiger partial charge in [-0.05, 0) is 26.2 Å². The highest BCUT2D eigenvalue weighted by atomic mass is 16.3. The Morgan fingerprint density at radius 1 is 1.46 bits per heavy atom. The monoisotopic (exact) mass is 339 g/mol. The molecule has 2 fully saturated rings. The second-order valence-electron chi connectivity index (χ2n) is 6.64. The first-order valence-corrected chi connectivity index (χ1v) is 8.09. The van der Waals surface area contributed by atoms with Crippen molar-refractivity contribution in [2.75, 3.05) is 19.7 Å². The number of aliphatic hydroxyl groups excluding tert-OH is 1. The zero-order valence-corrected chi connectivity index (χ0v) is 13.9. The number of aliphatic hydroxyl groups is 2. The van der Waals surface area contributed by atoms with Crippen LogP contribution in [0.25, 0.3) is 0 Å². The van der Waals surface area contributed by atoms with Gasteiger partial charge in [0.05, 0.1) is 6.61 Å². The lowest BCUT2D eigenvalue weighted by Crippen LogP contribution is -2.61. The van der Waals surface area contributed by atoms with Gasteiger partial charge in [0.15, 0.2) is 0 Å². The second kappa shape index (κ2) is 6.52. The molecule has 8 nitrogen and oxygen atoms in total. The molecule has 2 rings (SSSR count). The molecule has 2 aliphatic rings. The lowest BCUT2D eigenvalue weighted by atomic mass is 9.92. The van der Waals surface area contributed by atoms with Crippen LogP contribution in [0.5, 0.6) is 0 Å². The minimum absolute atomic E-state index is 0.0430. The summed E-state index contributed by atoms with van der Waals surface area (Å²) in [5, 5.41) is 19.4. The van der Waals surface area contributed by atoms with Crippen LogP contribution in [0.4, 0.5) is 0 Å². The molecule has 0 aromatic carbocycles. The molecule has 3 amide bonds. The maximum Gasteiger partial charge on any atom is 0.249 e. The van der Waals surface area contributed by atoms with E-state index in [2.05, 4.69) is 6.58 Å². The van der Waals surface area contributed by atoms with E-state index >= 15 is 0 Å². The third-order valence-corrected chi connectivity index (χ3v) is 5.09. The predicted molar refractivity (Wildman–Crippen MR) is 85.5 cm³/mol. The smallest absolute Gasteiger partial charge is 0.249 e. The minimum atomic E-state index is -1.66. The van der Waals surface area contributed by atoms with E-state index in [4.69, 9.17) is 10.8 Å². The maximum absolute atomic E-state index is 13.1. The van der Waals surface area contributed by atoms with Crippen LogP contribution in [-0.4, -0.2) is 74.6 Å². The lowest BCUT2D eigenvalue weighted by molar-refractivity contribution is -0.152. The Labute approximate surface area is 140 Å². The average Bonchev–Trinajstić information content (AvgIpc) is 3.07. The van der Waals surface area contributed by atoms with Crippen LogP contribution < -0.4 is 5.73 Å². The molecule has 0 saturated carbocycles. The number of likely N-dealkylation sites (tertiary alicyclic amines) is 2. The summed E-state index contributed by atoms with van der Waals surface area (Å²) < 4.78 is 0. The number of carbonyl (C=O) groups excluding carboxylic acids is 3. The standard InChI is InChI=1S/C16H25N3O5/c1-3-15(2,24)12(13(17)22)18-9-7-16(14(18)23)6-4-8-19(16)11(21)5-10-20/h3,12,20,24H,1,4-10H2,2H3,(H2,17,22)/t12-,15?,16?/m1/s1. The molecule has 2 heterocycles. The minimum Gasteiger partial charge on any atom is -0.396 e. The van der Waals surface area contributed by atoms with Crippen molar-refractivity contribution in [1.82, 2.24) is 9.80 Å². The number of amides is 3. The van der Waals surface area contributed by atoms with Gasteiger partial charge in [0.1, 0.15) is 17.2 Å². The molecule has 2 unspecified atom stereocenters. The Kier molecular flexibility index (Phi) is 5.00. The van der Waals surface area contributed by atoms with Gasteiger partial charge < -0.3 is 25.7 Å². The molecule has 2 saturated heterocycles. The Bertz CT molecular complexity index is 562. The van der Waals surface area contributed by atoms with Gasteiger partial charge in [0.25, 0.3) is 0 Å². The molecule has 3 atom stereocenters. The molecule has 0 bridgehead atoms. The Balaban J connectivity index is 2.33. The number of primary amides is 1. The fourth-order valence-electron chi connectivity index (χ4n) is 3.85. The van der Waals surface area contributed by atoms with Crippen molar-refractivity contribution in [2.45, 2.75) is 49.8 Å². The summed E-state index contributed by atoms with van der Waals surface area (Å²) in [6.45, 7) is 5.26. The number of hydrogen-bond acceptors (Lipinski definition) is 5. The largest absolute Gasteiger partial charge is 0.396 e. The topological polar surface area (TPSA) is 124 Å². The summed E-state index contributed by atoms with van der Waals surface area (Å²) in [5.41, 5.74) is 2.75. The Hall–Kier alpha value is -1.93. The molecule has 0 aromatic rings. The van der Waals surface area contributed by atoms with Crippen LogP contribution in [0.1, 0.15) is 32.6 Å². The summed E-state index contributed by atoms with van der Waals surface area (Å²) in [5.74, 6) is -1.48. The lowest BCUT2D eigenvalue weighted by Gasteiger charge is -2.38. The first-order valence-electron chi connectivity index (χ1n) is 8.09. The van der Waals surface area contributed by atoms with E-state index in [1.807, 2.05) is 0 Å². The molecular formula is C16H25N3O5. The first kappa shape index (κ1) is 18.4. The van der Waals surface area contributed by atoms with Gasteiger partial charge in [-0.1, -0.05) is 6.08 Å². The van der Waals surface area contributed by atoms with E-state index in [-0.39, 0.29) is 31.4 Å². The van der Waals surface area contributed by atoms with Crippen molar-refractivity contribution in [1.29, 1.82) is 0 Å². The Morgan fingerprint density at radius 2 is 2.12 bits per heavy atom. The van der Waals surface area contributed by atoms with E-state index in [1.165, 1.54) is 22.8 Å². The first-order chi connectivity index (χ1) is 11.2. The molecule has 4 N–H and O–H groups in total. The van der Waals surface area contributed by atoms with E-state index in [1.54, 1.807) is 0 Å². The zero-order chi connectivity index (χ0) is 18.1. The van der Waals surface area contributed by atoms with Gasteiger partial charge in [-0.2, -0.15) is 0 Å². The van der Waals surface area contributed by atoms with Gasteiger partial charge in [-0.25, -0.2) is 0 Å². The quantitative estimate of drug-likeness (QED) is 0.522. The summed E-state index contributed by atoms with van der Waals surface area (Å²) in [6, 6.07) is -1.24. The van der Waals surface area contributed by atoms with Crippen LogP contribution in [0, 0.1) is 0 Å². The van der Waals surface area contributed by atoms with E-state index in [0.717, 1.165) is 0 Å². The summed E-state index contributed by atoms with van der Waals surface area (Å²) in [7, 11) is 0. The number of carbonyl (C=O) groups is 3. The van der Waals surface area contributed by atoms with Crippen LogP contribution in [-0.2, 0) is 14.4 Å². The van der Waals surface area contributed by atoms with Crippen molar-refractivity contribution in [3.63, 3.8) is 0 Å². The third-order valence-electron chi connectivity index (χ3n) is 5.09. The van der Waals surface area contributed by atoms with Gasteiger partial charge in [0.2, 0.25) is 17.7 Å². The molecule has 8 heteroatoms. The molecular weight excluding hydrogens is 314 g/mol. The third kappa shape index (κ3) is 2.80. The van der Waals surface area contributed by atoms with Crippen LogP contribution in [0.2, 0.25) is 0 Å². The molecule has 1 spiro atoms. The summed E-state index contributed by atoms with van der Waals surface area (Å²) >= 11 is 0. The number of rotatable bonds is 6. The molecule has 2 aliphatic heterocycles. The van der Waals surface area contributed by atoms with Crippen molar-refractivity contribution in [3.8, 4) is 0 Å². The number of hydrogen-bond donors (Lipinski definition) is 3. The maximum atomic E-state index is 13.1. The number of nitrogens with two attached hydrogens (primary N) is 1. The summed E-state index contributed by atoms with van der Waals surface area (Å²) in [4.78, 5) is 40.0. The van der Waals surface area contributed by atoms with Crippen molar-refractivity contribution < 1.29 is 24.6 Å². The predicted octanol–water partition coefficient (Wildman–Crippen LogP) is -1.25. The van der Waals surface area contributed by atoms with Crippen LogP contribution >= 0.6 is 0 Å². The molecule has 24 heavy (non-hydrogen) atoms. The van der Waals surface area contributed by atoms with Gasteiger partial charge in [-0.3, -0.25) is 14.4 Å². The Morgan fingerprint density at radius 3 is 2.67 bits per heavy atom. The normalized spacial score (nSPS) is 27.4. The number of nitrogens with zero attached hydrogens (tertiary/aromatic N) is 2. The van der Waals surface area contributed by atoms with E-state index in [0.29, 0.717) is 25.8 Å². The highest BCUT2D eigenvalue weighted by molar-refractivity contribution is 5.97. The van der Waals surface area contributed by atoms with E-state index in [9.17, 15) is 19.5 Å². The summed E-state index contributed by atoms with van der Waals surface area (Å²) in [6.07, 6.45) is 2.69. The van der Waals surface area contributed by atoms with Crippen LogP contribution in [0.3, 0.4) is 0 Å². The van der Waals surface area contributed by atoms with E-state index < -0.39 is 23.1 Å². The van der Waals surface area contributed by atoms with Crippen molar-refractivity contribution in [3.05, 3.63) is 12.7 Å². The van der Waals surface area contributed by atoms with Gasteiger partial charge >= 0.3 is 0 Å². The zero-order valence-electron chi connectivity index (χ0n) is 13.9. The fourth-order valence-corrected chi connectivity index (χ4v) is 3.85. The van der Waals surface area contributed by atoms with Crippen molar-refractivity contribution >= 4 is 17.7 Å². The SMILES string of the molecule is C=CC(C)(O)[C@@H](C(N)=O)N1CCC2(CCCN2C(=O)CCO)C1=O. The average molecular weight is 339 g/mol. The fraction of sp³-hybridized carbons (Fsp3) is 0.688. The van der Waals surface area contributed by atoms with Crippen LogP contribution in [0.15, 0.2) is 12.7 Å². The molecule has 0 aromatic heterocycles. The molecule has 0 radical (unpaired) electrons. The van der Waals surface area contributed by atoms with Crippen molar-refractivity contribution in [2.24, 2.45) is 5.73 Å². The highest BCUT2D eigenvalue weighted by Gasteiger charge is 2.58. The molecule has 0 aliphatic carbocycles. The second-order valence-corrected chi connectivity index (χ2v) is 6.64. The van der Waals surface area contributed by atoms with Gasteiger partial charge in [-0.15, -0.1) is 6.58 Å². The highest BCUT2D eigenvalue weighted by Crippen LogP contribution is 2.40.